The highest BCUT2D eigenvalue weighted by atomic mass is 79.9. The molecular weight excluding hydrogens is 371 g/mol. The summed E-state index contributed by atoms with van der Waals surface area (Å²) in [7, 11) is 0. The summed E-state index contributed by atoms with van der Waals surface area (Å²) >= 11 is 15.3. The van der Waals surface area contributed by atoms with Gasteiger partial charge < -0.3 is 10.4 Å². The molecule has 0 saturated heterocycles. The van der Waals surface area contributed by atoms with Gasteiger partial charge in [0.05, 0.1) is 28.9 Å². The Hall–Kier alpha value is -1.08. The number of hydrogen-bond donors (Lipinski definition) is 2. The molecule has 0 aromatic heterocycles. The molecule has 1 aromatic rings. The van der Waals surface area contributed by atoms with Crippen molar-refractivity contribution in [1.29, 1.82) is 0 Å². The van der Waals surface area contributed by atoms with Crippen LogP contribution >= 0.6 is 39.1 Å². The first kappa shape index (κ1) is 15.3. The van der Waals surface area contributed by atoms with E-state index in [1.54, 1.807) is 12.1 Å². The van der Waals surface area contributed by atoms with Crippen LogP contribution in [-0.4, -0.2) is 35.0 Å². The fraction of sp³-hybridized carbons (Fsp3) is 0.167. The second-order valence-corrected chi connectivity index (χ2v) is 5.53. The van der Waals surface area contributed by atoms with Crippen molar-refractivity contribution in [1.82, 2.24) is 4.90 Å². The molecule has 1 aliphatic heterocycles. The normalized spacial score (nSPS) is 14.8. The average molecular weight is 380 g/mol. The maximum atomic E-state index is 12.0. The molecule has 106 valence electrons. The van der Waals surface area contributed by atoms with Crippen molar-refractivity contribution in [2.24, 2.45) is 0 Å². The Kier molecular flexibility index (Phi) is 4.70. The largest absolute Gasteiger partial charge is 0.395 e. The standard InChI is InChI=1S/C12H9BrCl2N2O3/c13-6-1-2-7(11(15)10(6)14)16-8-5-9(19)17(3-4-18)12(8)20/h1-2,5,16,18H,3-4H2. The molecule has 1 heterocycles. The van der Waals surface area contributed by atoms with E-state index in [-0.39, 0.29) is 23.9 Å². The Morgan fingerprint density at radius 1 is 1.25 bits per heavy atom. The highest BCUT2D eigenvalue weighted by molar-refractivity contribution is 9.10. The van der Waals surface area contributed by atoms with Crippen LogP contribution in [0.1, 0.15) is 0 Å². The number of hydrogen-bond acceptors (Lipinski definition) is 4. The summed E-state index contributed by atoms with van der Waals surface area (Å²) < 4.78 is 0.624. The first-order valence-corrected chi connectivity index (χ1v) is 7.09. The maximum absolute atomic E-state index is 12.0. The van der Waals surface area contributed by atoms with Gasteiger partial charge >= 0.3 is 0 Å². The monoisotopic (exact) mass is 378 g/mol. The summed E-state index contributed by atoms with van der Waals surface area (Å²) in [6.07, 6.45) is 1.16. The fourth-order valence-corrected chi connectivity index (χ4v) is 2.50. The summed E-state index contributed by atoms with van der Waals surface area (Å²) in [5, 5.41) is 12.1. The molecule has 5 nitrogen and oxygen atoms in total. The molecule has 0 spiro atoms. The molecule has 1 aromatic carbocycles. The molecule has 2 amide bonds. The SMILES string of the molecule is O=C1C=C(Nc2ccc(Br)c(Cl)c2Cl)C(=O)N1CCO. The molecule has 0 saturated carbocycles. The van der Waals surface area contributed by atoms with Crippen molar-refractivity contribution in [3.05, 3.63) is 38.4 Å². The van der Waals surface area contributed by atoms with Crippen LogP contribution in [0.15, 0.2) is 28.4 Å². The van der Waals surface area contributed by atoms with Crippen LogP contribution in [0.4, 0.5) is 5.69 Å². The van der Waals surface area contributed by atoms with Gasteiger partial charge in [-0.05, 0) is 28.1 Å². The van der Waals surface area contributed by atoms with Gasteiger partial charge in [-0.1, -0.05) is 23.2 Å². The summed E-state index contributed by atoms with van der Waals surface area (Å²) in [6, 6.07) is 3.30. The van der Waals surface area contributed by atoms with Crippen molar-refractivity contribution < 1.29 is 14.7 Å². The van der Waals surface area contributed by atoms with Gasteiger partial charge in [-0.2, -0.15) is 0 Å². The van der Waals surface area contributed by atoms with Crippen molar-refractivity contribution in [3.63, 3.8) is 0 Å². The van der Waals surface area contributed by atoms with Crippen molar-refractivity contribution in [3.8, 4) is 0 Å². The number of carbonyl (C=O) groups excluding carboxylic acids is 2. The number of rotatable bonds is 4. The second-order valence-electron chi connectivity index (χ2n) is 3.92. The van der Waals surface area contributed by atoms with E-state index in [0.29, 0.717) is 15.2 Å². The van der Waals surface area contributed by atoms with E-state index in [4.69, 9.17) is 28.3 Å². The Morgan fingerprint density at radius 2 is 1.95 bits per heavy atom. The predicted molar refractivity (Wildman–Crippen MR) is 79.7 cm³/mol. The zero-order valence-corrected chi connectivity index (χ0v) is 13.1. The van der Waals surface area contributed by atoms with Crippen LogP contribution in [0.3, 0.4) is 0 Å². The second kappa shape index (κ2) is 6.13. The number of halogens is 3. The number of aliphatic hydroxyl groups is 1. The van der Waals surface area contributed by atoms with Crippen LogP contribution in [0.25, 0.3) is 0 Å². The van der Waals surface area contributed by atoms with Crippen LogP contribution < -0.4 is 5.32 Å². The van der Waals surface area contributed by atoms with Gasteiger partial charge in [-0.25, -0.2) is 0 Å². The quantitative estimate of drug-likeness (QED) is 0.622. The average Bonchev–Trinajstić information content (AvgIpc) is 2.67. The van der Waals surface area contributed by atoms with E-state index in [1.165, 1.54) is 0 Å². The molecular formula is C12H9BrCl2N2O3. The first-order chi connectivity index (χ1) is 9.45. The summed E-state index contributed by atoms with van der Waals surface area (Å²) in [5.74, 6) is -0.995. The molecule has 0 atom stereocenters. The Morgan fingerprint density at radius 3 is 2.60 bits per heavy atom. The van der Waals surface area contributed by atoms with Gasteiger partial charge in [0.25, 0.3) is 11.8 Å². The van der Waals surface area contributed by atoms with Crippen LogP contribution in [0, 0.1) is 0 Å². The fourth-order valence-electron chi connectivity index (χ4n) is 1.68. The maximum Gasteiger partial charge on any atom is 0.277 e. The Bertz CT molecular complexity index is 619. The predicted octanol–water partition coefficient (Wildman–Crippen LogP) is 2.41. The molecule has 0 bridgehead atoms. The van der Waals surface area contributed by atoms with E-state index < -0.39 is 11.8 Å². The number of benzene rings is 1. The number of aliphatic hydroxyl groups excluding tert-OH is 1. The molecule has 0 aliphatic carbocycles. The van der Waals surface area contributed by atoms with Crippen LogP contribution in [0.5, 0.6) is 0 Å². The summed E-state index contributed by atoms with van der Waals surface area (Å²) in [4.78, 5) is 24.5. The van der Waals surface area contributed by atoms with E-state index in [0.717, 1.165) is 11.0 Å². The van der Waals surface area contributed by atoms with Gasteiger partial charge in [-0.15, -0.1) is 0 Å². The lowest BCUT2D eigenvalue weighted by molar-refractivity contribution is -0.137. The van der Waals surface area contributed by atoms with E-state index in [2.05, 4.69) is 21.2 Å². The molecule has 0 unspecified atom stereocenters. The molecule has 0 fully saturated rings. The number of nitrogens with zero attached hydrogens (tertiary/aromatic N) is 1. The third kappa shape index (κ3) is 2.83. The molecule has 20 heavy (non-hydrogen) atoms. The summed E-state index contributed by atoms with van der Waals surface area (Å²) in [5.41, 5.74) is 0.502. The number of imide groups is 1. The minimum atomic E-state index is -0.515. The lowest BCUT2D eigenvalue weighted by Gasteiger charge is -2.14. The van der Waals surface area contributed by atoms with Gasteiger partial charge in [0.2, 0.25) is 0 Å². The van der Waals surface area contributed by atoms with Crippen LogP contribution in [-0.2, 0) is 9.59 Å². The molecule has 1 aliphatic rings. The van der Waals surface area contributed by atoms with Gasteiger partial charge in [-0.3, -0.25) is 14.5 Å². The van der Waals surface area contributed by atoms with Gasteiger partial charge in [0, 0.05) is 10.5 Å². The zero-order valence-electron chi connectivity index (χ0n) is 9.99. The van der Waals surface area contributed by atoms with Gasteiger partial charge in [0.15, 0.2) is 0 Å². The molecule has 0 radical (unpaired) electrons. The Balaban J connectivity index is 2.24. The number of anilines is 1. The van der Waals surface area contributed by atoms with E-state index in [9.17, 15) is 9.59 Å². The van der Waals surface area contributed by atoms with Crippen molar-refractivity contribution in [2.75, 3.05) is 18.5 Å². The van der Waals surface area contributed by atoms with Crippen molar-refractivity contribution in [2.45, 2.75) is 0 Å². The third-order valence-electron chi connectivity index (χ3n) is 2.64. The molecule has 8 heteroatoms. The number of carbonyl (C=O) groups is 2. The Labute approximate surface area is 133 Å². The lowest BCUT2D eigenvalue weighted by Crippen LogP contribution is -2.34. The minimum Gasteiger partial charge on any atom is -0.395 e. The number of β-amino-alcohol motifs (C(OH)–C–C–N with tert-alkyl or cyclic N) is 1. The highest BCUT2D eigenvalue weighted by Gasteiger charge is 2.31. The number of amides is 2. The minimum absolute atomic E-state index is 0.0474. The number of nitrogens with one attached hydrogen (secondary N) is 1. The summed E-state index contributed by atoms with van der Waals surface area (Å²) in [6.45, 7) is -0.336. The zero-order chi connectivity index (χ0) is 14.9. The van der Waals surface area contributed by atoms with Crippen molar-refractivity contribution >= 4 is 56.6 Å². The third-order valence-corrected chi connectivity index (χ3v) is 4.41. The highest BCUT2D eigenvalue weighted by Crippen LogP contribution is 2.36. The lowest BCUT2D eigenvalue weighted by atomic mass is 10.3. The van der Waals surface area contributed by atoms with Gasteiger partial charge in [0.1, 0.15) is 5.70 Å². The molecule has 2 rings (SSSR count). The first-order valence-electron chi connectivity index (χ1n) is 5.54. The van der Waals surface area contributed by atoms with Crippen LogP contribution in [0.2, 0.25) is 10.0 Å². The molecule has 2 N–H and O–H groups in total. The topological polar surface area (TPSA) is 69.6 Å². The smallest absolute Gasteiger partial charge is 0.277 e. The van der Waals surface area contributed by atoms with E-state index >= 15 is 0 Å². The van der Waals surface area contributed by atoms with E-state index in [1.807, 2.05) is 0 Å².